The van der Waals surface area contributed by atoms with Crippen LogP contribution >= 0.6 is 12.4 Å². The normalized spacial score (nSPS) is 21.7. The predicted molar refractivity (Wildman–Crippen MR) is 297 cm³/mol. The van der Waals surface area contributed by atoms with E-state index in [1.165, 1.54) is 43.3 Å². The Balaban J connectivity index is 0.000000220. The average molecular weight is 1150 g/mol. The molecule has 6 aliphatic heterocycles. The van der Waals surface area contributed by atoms with Gasteiger partial charge in [0.2, 0.25) is 0 Å². The van der Waals surface area contributed by atoms with Crippen LogP contribution in [-0.2, 0) is 28.5 Å². The molecule has 6 saturated heterocycles. The lowest BCUT2D eigenvalue weighted by Gasteiger charge is -2.39. The second-order valence-corrected chi connectivity index (χ2v) is 24.5. The molecule has 4 atom stereocenters. The Bertz CT molecular complexity index is 2340. The zero-order valence-corrected chi connectivity index (χ0v) is 50.0. The molecule has 4 amide bonds. The Morgan fingerprint density at radius 1 is 0.525 bits per heavy atom. The van der Waals surface area contributed by atoms with Crippen LogP contribution < -0.4 is 5.32 Å². The van der Waals surface area contributed by atoms with Crippen molar-refractivity contribution in [1.82, 2.24) is 44.8 Å². The number of nitrogens with one attached hydrogen (secondary N) is 1. The predicted octanol–water partition coefficient (Wildman–Crippen LogP) is 10.5. The number of aliphatic carboxylic acids is 1. The van der Waals surface area contributed by atoms with Gasteiger partial charge in [0, 0.05) is 58.2 Å². The van der Waals surface area contributed by atoms with Crippen molar-refractivity contribution in [1.29, 1.82) is 0 Å². The minimum Gasteiger partial charge on any atom is -0.480 e. The molecule has 0 aromatic carbocycles. The van der Waals surface area contributed by atoms with Crippen molar-refractivity contribution in [3.05, 3.63) is 55.1 Å². The molecule has 0 bridgehead atoms. The number of carbonyl (C=O) groups is 6. The van der Waals surface area contributed by atoms with Crippen LogP contribution in [0.3, 0.4) is 0 Å². The molecular formula is C56H90ClN9O14. The summed E-state index contributed by atoms with van der Waals surface area (Å²) in [5.74, 6) is 1.94. The van der Waals surface area contributed by atoms with E-state index in [0.29, 0.717) is 63.6 Å². The minimum atomic E-state index is -0.960. The van der Waals surface area contributed by atoms with E-state index >= 15 is 0 Å². The van der Waals surface area contributed by atoms with Gasteiger partial charge < -0.3 is 52.4 Å². The number of ketones is 1. The van der Waals surface area contributed by atoms with Crippen LogP contribution in [0.25, 0.3) is 0 Å². The number of Topliss-reactive ketones (excluding diaryl/α,β-unsaturated/α-hetero) is 1. The van der Waals surface area contributed by atoms with E-state index in [-0.39, 0.29) is 42.5 Å². The number of nitrogens with zero attached hydrogens (tertiary/aromatic N) is 8. The fourth-order valence-electron chi connectivity index (χ4n) is 9.77. The van der Waals surface area contributed by atoms with Crippen molar-refractivity contribution >= 4 is 48.5 Å². The number of halogens is 1. The summed E-state index contributed by atoms with van der Waals surface area (Å²) in [5.41, 5.74) is -1.94. The van der Waals surface area contributed by atoms with E-state index in [1.54, 1.807) is 43.0 Å². The quantitative estimate of drug-likeness (QED) is 0.225. The summed E-state index contributed by atoms with van der Waals surface area (Å²) in [6.45, 7) is 28.0. The van der Waals surface area contributed by atoms with Crippen molar-refractivity contribution in [2.75, 3.05) is 52.4 Å². The number of piperidine rings is 2. The number of oxazole rings is 3. The van der Waals surface area contributed by atoms with E-state index in [2.05, 4.69) is 25.2 Å². The van der Waals surface area contributed by atoms with Gasteiger partial charge in [0.25, 0.3) is 0 Å². The van der Waals surface area contributed by atoms with Gasteiger partial charge in [-0.25, -0.2) is 38.9 Å². The second kappa shape index (κ2) is 30.2. The summed E-state index contributed by atoms with van der Waals surface area (Å²) in [6, 6.07) is 0.511. The standard InChI is InChI=1S/C17H27N3O3.C12H18N2O3.C10H17NO4.C10H17NO3.C7H10N2O.ClH/c1-17(2,3)23-16(21)19-9-6-13(7-10-19)20-8-4-5-14(20)15-11-18-12-22-15;1-12(2,3)17-11(15)14-6-4-5-9(14)10-7-13-8-16-10;1-10(2,3)15-9(14)11-6-4-5-7(11)8(12)13;1-10(2,3)14-9(13)11-6-4-8(12)5-7-11;1-2-6(9-3-1)7-4-8-5-10-7;/h11-14H,4-10H2,1-3H3;7-9H,4-6H2,1-3H3;7H,4-6H2,1-3H3,(H,12,13);4-7H2,1-3H3;4-6,9H,1-3H2;1H/t14-;9-;7-;;6-;/m111.1./s1. The summed E-state index contributed by atoms with van der Waals surface area (Å²) in [5, 5.41) is 12.2. The van der Waals surface area contributed by atoms with Crippen LogP contribution in [0.4, 0.5) is 19.2 Å². The molecule has 6 aliphatic rings. The zero-order valence-electron chi connectivity index (χ0n) is 49.2. The molecule has 0 spiro atoms. The summed E-state index contributed by atoms with van der Waals surface area (Å²) >= 11 is 0. The van der Waals surface area contributed by atoms with E-state index in [4.69, 9.17) is 37.3 Å². The number of hydrogen-bond donors (Lipinski definition) is 2. The van der Waals surface area contributed by atoms with Gasteiger partial charge in [0.05, 0.1) is 36.7 Å². The third kappa shape index (κ3) is 22.2. The first-order chi connectivity index (χ1) is 37.1. The number of carboxylic acid groups (broad SMARTS) is 1. The first kappa shape index (κ1) is 66.6. The number of amides is 4. The highest BCUT2D eigenvalue weighted by Gasteiger charge is 2.39. The molecule has 450 valence electrons. The highest BCUT2D eigenvalue weighted by Crippen LogP contribution is 2.37. The maximum atomic E-state index is 12.2. The Labute approximate surface area is 477 Å². The number of hydrogen-bond acceptors (Lipinski definition) is 18. The van der Waals surface area contributed by atoms with Crippen LogP contribution in [0.15, 0.2) is 51.0 Å². The van der Waals surface area contributed by atoms with Gasteiger partial charge in [-0.1, -0.05) is 0 Å². The highest BCUT2D eigenvalue weighted by atomic mass is 35.5. The third-order valence-electron chi connectivity index (χ3n) is 13.3. The van der Waals surface area contributed by atoms with Gasteiger partial charge in [0.15, 0.2) is 19.2 Å². The van der Waals surface area contributed by atoms with Crippen LogP contribution in [0, 0.1) is 0 Å². The van der Waals surface area contributed by atoms with Gasteiger partial charge in [-0.3, -0.25) is 19.5 Å². The van der Waals surface area contributed by atoms with E-state index in [9.17, 15) is 28.8 Å². The molecule has 3 aromatic heterocycles. The first-order valence-corrected chi connectivity index (χ1v) is 27.9. The third-order valence-corrected chi connectivity index (χ3v) is 13.3. The summed E-state index contributed by atoms with van der Waals surface area (Å²) < 4.78 is 37.1. The van der Waals surface area contributed by atoms with Gasteiger partial charge >= 0.3 is 30.3 Å². The van der Waals surface area contributed by atoms with Gasteiger partial charge in [-0.05, 0) is 160 Å². The zero-order chi connectivity index (χ0) is 58.1. The van der Waals surface area contributed by atoms with Crippen molar-refractivity contribution < 1.29 is 66.1 Å². The molecule has 0 radical (unpaired) electrons. The van der Waals surface area contributed by atoms with Crippen LogP contribution in [0.1, 0.15) is 196 Å². The van der Waals surface area contributed by atoms with Gasteiger partial charge in [-0.15, -0.1) is 12.4 Å². The Morgan fingerprint density at radius 2 is 0.950 bits per heavy atom. The molecule has 0 unspecified atom stereocenters. The lowest BCUT2D eigenvalue weighted by atomic mass is 10.0. The average Bonchev–Trinajstić information content (AvgIpc) is 4.21. The molecule has 6 fully saturated rings. The van der Waals surface area contributed by atoms with E-state index in [1.807, 2.05) is 73.4 Å². The van der Waals surface area contributed by atoms with Crippen molar-refractivity contribution in [3.8, 4) is 0 Å². The molecule has 80 heavy (non-hydrogen) atoms. The van der Waals surface area contributed by atoms with Crippen molar-refractivity contribution in [3.63, 3.8) is 0 Å². The van der Waals surface area contributed by atoms with Gasteiger partial charge in [0.1, 0.15) is 51.5 Å². The monoisotopic (exact) mass is 1150 g/mol. The SMILES string of the molecule is CC(C)(C)OC(=O)N1CCC(=O)CC1.CC(C)(C)OC(=O)N1CCC(N2CCC[C@@H]2c2cnco2)CC1.CC(C)(C)OC(=O)N1CCC[C@@H]1C(=O)O.CC(C)(C)OC(=O)N1CCC[C@@H]1c1cnco1.Cl.c1ncc([C@H]2CCCN2)o1. The Morgan fingerprint density at radius 3 is 1.41 bits per heavy atom. The highest BCUT2D eigenvalue weighted by molar-refractivity contribution is 5.85. The van der Waals surface area contributed by atoms with Crippen LogP contribution in [-0.4, -0.2) is 168 Å². The molecule has 0 aliphatic carbocycles. The van der Waals surface area contributed by atoms with E-state index < -0.39 is 40.5 Å². The summed E-state index contributed by atoms with van der Waals surface area (Å²) in [4.78, 5) is 89.8. The molecule has 3 aromatic rings. The number of likely N-dealkylation sites (tertiary alicyclic amines) is 5. The maximum Gasteiger partial charge on any atom is 0.411 e. The number of carboxylic acids is 1. The van der Waals surface area contributed by atoms with Crippen LogP contribution in [0.2, 0.25) is 0 Å². The van der Waals surface area contributed by atoms with Gasteiger partial charge in [-0.2, -0.15) is 0 Å². The lowest BCUT2D eigenvalue weighted by molar-refractivity contribution is -0.142. The fraction of sp³-hybridized carbons (Fsp3) is 0.732. The number of carbonyl (C=O) groups excluding carboxylic acids is 5. The van der Waals surface area contributed by atoms with Crippen molar-refractivity contribution in [2.45, 2.75) is 213 Å². The summed E-state index contributed by atoms with van der Waals surface area (Å²) in [6.07, 6.45) is 19.1. The Hall–Kier alpha value is -5.94. The molecule has 23 nitrogen and oxygen atoms in total. The number of ether oxygens (including phenoxy) is 4. The second-order valence-electron chi connectivity index (χ2n) is 24.5. The molecule has 0 saturated carbocycles. The number of aromatic nitrogens is 3. The van der Waals surface area contributed by atoms with Crippen molar-refractivity contribution in [2.24, 2.45) is 0 Å². The maximum absolute atomic E-state index is 12.2. The molecule has 9 rings (SSSR count). The Kier molecular flexibility index (Phi) is 25.1. The smallest absolute Gasteiger partial charge is 0.411 e. The largest absolute Gasteiger partial charge is 0.480 e. The van der Waals surface area contributed by atoms with E-state index in [0.717, 1.165) is 82.0 Å². The first-order valence-electron chi connectivity index (χ1n) is 27.9. The fourth-order valence-corrected chi connectivity index (χ4v) is 9.77. The molecule has 2 N–H and O–H groups in total. The lowest BCUT2D eigenvalue weighted by Crippen LogP contribution is -2.47. The molecule has 24 heteroatoms. The van der Waals surface area contributed by atoms with Crippen LogP contribution in [0.5, 0.6) is 0 Å². The minimum absolute atomic E-state index is 0. The molecule has 9 heterocycles. The summed E-state index contributed by atoms with van der Waals surface area (Å²) in [7, 11) is 0. The topological polar surface area (TPSA) is 266 Å². The molecular weight excluding hydrogens is 1060 g/mol. The number of rotatable bonds is 5.